The van der Waals surface area contributed by atoms with Crippen LogP contribution in [0.2, 0.25) is 0 Å². The number of furan rings is 1. The first-order chi connectivity index (χ1) is 9.72. The van der Waals surface area contributed by atoms with Crippen LogP contribution in [0, 0.1) is 5.92 Å². The minimum absolute atomic E-state index is 0.199. The summed E-state index contributed by atoms with van der Waals surface area (Å²) in [6, 6.07) is 11.4. The third-order valence-electron chi connectivity index (χ3n) is 3.30. The zero-order valence-corrected chi connectivity index (χ0v) is 12.4. The summed E-state index contributed by atoms with van der Waals surface area (Å²) < 4.78 is 11.5. The molecule has 0 radical (unpaired) electrons. The van der Waals surface area contributed by atoms with Crippen LogP contribution in [0.5, 0.6) is 5.75 Å². The molecule has 1 aromatic heterocycles. The van der Waals surface area contributed by atoms with Gasteiger partial charge in [0.1, 0.15) is 5.75 Å². The molecule has 3 rings (SSSR count). The van der Waals surface area contributed by atoms with E-state index in [0.717, 1.165) is 12.2 Å². The number of benzene rings is 1. The summed E-state index contributed by atoms with van der Waals surface area (Å²) in [6.07, 6.45) is 0.915. The predicted molar refractivity (Wildman–Crippen MR) is 77.9 cm³/mol. The first-order valence-corrected chi connectivity index (χ1v) is 7.26. The number of ether oxygens (including phenoxy) is 1. The fraction of sp³-hybridized carbons (Fsp3) is 0.267. The maximum absolute atomic E-state index is 11.9. The second-order valence-corrected chi connectivity index (χ2v) is 5.58. The molecule has 1 aliphatic rings. The zero-order valence-electron chi connectivity index (χ0n) is 10.8. The molecule has 0 saturated carbocycles. The van der Waals surface area contributed by atoms with Crippen molar-refractivity contribution in [2.24, 2.45) is 5.92 Å². The highest BCUT2D eigenvalue weighted by molar-refractivity contribution is 9.10. The van der Waals surface area contributed by atoms with E-state index in [-0.39, 0.29) is 11.8 Å². The van der Waals surface area contributed by atoms with Gasteiger partial charge in [-0.1, -0.05) is 18.2 Å². The molecular formula is C15H14BrNO3. The molecule has 1 N–H and O–H groups in total. The second kappa shape index (κ2) is 5.71. The van der Waals surface area contributed by atoms with Gasteiger partial charge in [0.25, 0.3) is 5.91 Å². The molecule has 0 fully saturated rings. The number of para-hydroxylation sites is 1. The van der Waals surface area contributed by atoms with E-state index in [2.05, 4.69) is 27.3 Å². The maximum Gasteiger partial charge on any atom is 0.287 e. The average Bonchev–Trinajstić information content (AvgIpc) is 2.91. The Balaban J connectivity index is 1.56. The number of fused-ring (bicyclic) bond motifs is 1. The number of hydrogen-bond acceptors (Lipinski definition) is 3. The SMILES string of the molecule is O=C(NCC1COc2ccccc2C1)c1ccc(Br)o1. The Bertz CT molecular complexity index is 623. The van der Waals surface area contributed by atoms with Crippen LogP contribution in [-0.4, -0.2) is 19.1 Å². The van der Waals surface area contributed by atoms with Crippen molar-refractivity contribution in [1.82, 2.24) is 5.32 Å². The van der Waals surface area contributed by atoms with Crippen LogP contribution >= 0.6 is 15.9 Å². The number of nitrogens with one attached hydrogen (secondary N) is 1. The van der Waals surface area contributed by atoms with Crippen LogP contribution in [0.25, 0.3) is 0 Å². The number of halogens is 1. The third-order valence-corrected chi connectivity index (χ3v) is 3.73. The maximum atomic E-state index is 11.9. The Morgan fingerprint density at radius 3 is 2.95 bits per heavy atom. The summed E-state index contributed by atoms with van der Waals surface area (Å²) in [4.78, 5) is 11.9. The van der Waals surface area contributed by atoms with E-state index in [0.29, 0.717) is 23.6 Å². The minimum atomic E-state index is -0.199. The zero-order chi connectivity index (χ0) is 13.9. The minimum Gasteiger partial charge on any atom is -0.493 e. The average molecular weight is 336 g/mol. The highest BCUT2D eigenvalue weighted by atomic mass is 79.9. The van der Waals surface area contributed by atoms with Crippen molar-refractivity contribution in [2.75, 3.05) is 13.2 Å². The summed E-state index contributed by atoms with van der Waals surface area (Å²) in [5.41, 5.74) is 1.19. The van der Waals surface area contributed by atoms with E-state index in [9.17, 15) is 4.79 Å². The largest absolute Gasteiger partial charge is 0.493 e. The molecule has 1 aromatic carbocycles. The van der Waals surface area contributed by atoms with E-state index in [1.807, 2.05) is 18.2 Å². The number of amides is 1. The molecule has 1 unspecified atom stereocenters. The monoisotopic (exact) mass is 335 g/mol. The molecule has 1 amide bonds. The highest BCUT2D eigenvalue weighted by Crippen LogP contribution is 2.26. The van der Waals surface area contributed by atoms with Crippen LogP contribution in [0.4, 0.5) is 0 Å². The number of carbonyl (C=O) groups excluding carboxylic acids is 1. The lowest BCUT2D eigenvalue weighted by Gasteiger charge is -2.25. The lowest BCUT2D eigenvalue weighted by atomic mass is 9.97. The summed E-state index contributed by atoms with van der Waals surface area (Å²) in [5.74, 6) is 1.35. The van der Waals surface area contributed by atoms with Crippen LogP contribution in [0.15, 0.2) is 45.5 Å². The Kier molecular flexibility index (Phi) is 3.78. The van der Waals surface area contributed by atoms with E-state index < -0.39 is 0 Å². The Morgan fingerprint density at radius 2 is 2.15 bits per heavy atom. The number of carbonyl (C=O) groups is 1. The van der Waals surface area contributed by atoms with Crippen molar-refractivity contribution in [3.05, 3.63) is 52.4 Å². The molecule has 20 heavy (non-hydrogen) atoms. The first-order valence-electron chi connectivity index (χ1n) is 6.46. The normalized spacial score (nSPS) is 17.1. The van der Waals surface area contributed by atoms with Crippen molar-refractivity contribution >= 4 is 21.8 Å². The predicted octanol–water partition coefficient (Wildman–Crippen LogP) is 3.02. The summed E-state index contributed by atoms with van der Waals surface area (Å²) in [7, 11) is 0. The van der Waals surface area contributed by atoms with Crippen molar-refractivity contribution in [3.63, 3.8) is 0 Å². The first kappa shape index (κ1) is 13.2. The smallest absolute Gasteiger partial charge is 0.287 e. The highest BCUT2D eigenvalue weighted by Gasteiger charge is 2.20. The molecule has 0 saturated heterocycles. The van der Waals surface area contributed by atoms with E-state index in [1.165, 1.54) is 5.56 Å². The van der Waals surface area contributed by atoms with Gasteiger partial charge in [0.2, 0.25) is 0 Å². The van der Waals surface area contributed by atoms with Crippen LogP contribution in [0.3, 0.4) is 0 Å². The lowest BCUT2D eigenvalue weighted by Crippen LogP contribution is -2.34. The van der Waals surface area contributed by atoms with Crippen molar-refractivity contribution in [1.29, 1.82) is 0 Å². The number of rotatable bonds is 3. The summed E-state index contributed by atoms with van der Waals surface area (Å²) in [5, 5.41) is 2.88. The molecule has 0 aliphatic carbocycles. The Hall–Kier alpha value is -1.75. The molecule has 1 atom stereocenters. The fourth-order valence-electron chi connectivity index (χ4n) is 2.28. The van der Waals surface area contributed by atoms with Gasteiger partial charge in [-0.15, -0.1) is 0 Å². The molecule has 2 aromatic rings. The van der Waals surface area contributed by atoms with Gasteiger partial charge in [-0.25, -0.2) is 0 Å². The van der Waals surface area contributed by atoms with Crippen molar-refractivity contribution < 1.29 is 13.9 Å². The van der Waals surface area contributed by atoms with Gasteiger partial charge in [-0.05, 0) is 46.1 Å². The molecule has 2 heterocycles. The molecular weight excluding hydrogens is 322 g/mol. The summed E-state index contributed by atoms with van der Waals surface area (Å²) in [6.45, 7) is 1.20. The second-order valence-electron chi connectivity index (χ2n) is 4.80. The van der Waals surface area contributed by atoms with Gasteiger partial charge in [0, 0.05) is 12.5 Å². The quantitative estimate of drug-likeness (QED) is 0.937. The van der Waals surface area contributed by atoms with E-state index in [1.54, 1.807) is 12.1 Å². The topological polar surface area (TPSA) is 51.5 Å². The Labute approximate surface area is 125 Å². The van der Waals surface area contributed by atoms with Gasteiger partial charge in [-0.2, -0.15) is 0 Å². The van der Waals surface area contributed by atoms with Crippen LogP contribution in [-0.2, 0) is 6.42 Å². The van der Waals surface area contributed by atoms with Gasteiger partial charge in [0.15, 0.2) is 10.4 Å². The van der Waals surface area contributed by atoms with E-state index >= 15 is 0 Å². The van der Waals surface area contributed by atoms with E-state index in [4.69, 9.17) is 9.15 Å². The molecule has 4 nitrogen and oxygen atoms in total. The van der Waals surface area contributed by atoms with Crippen molar-refractivity contribution in [2.45, 2.75) is 6.42 Å². The van der Waals surface area contributed by atoms with Gasteiger partial charge in [-0.3, -0.25) is 4.79 Å². The molecule has 1 aliphatic heterocycles. The molecule has 5 heteroatoms. The van der Waals surface area contributed by atoms with Gasteiger partial charge in [0.05, 0.1) is 6.61 Å². The van der Waals surface area contributed by atoms with Crippen molar-refractivity contribution in [3.8, 4) is 5.75 Å². The van der Waals surface area contributed by atoms with Crippen LogP contribution < -0.4 is 10.1 Å². The number of hydrogen-bond donors (Lipinski definition) is 1. The molecule has 0 bridgehead atoms. The lowest BCUT2D eigenvalue weighted by molar-refractivity contribution is 0.0910. The summed E-state index contributed by atoms with van der Waals surface area (Å²) >= 11 is 3.18. The third kappa shape index (κ3) is 2.88. The molecule has 0 spiro atoms. The fourth-order valence-corrected chi connectivity index (χ4v) is 2.59. The Morgan fingerprint density at radius 1 is 1.30 bits per heavy atom. The van der Waals surface area contributed by atoms with Gasteiger partial charge < -0.3 is 14.5 Å². The molecule has 104 valence electrons. The van der Waals surface area contributed by atoms with Crippen LogP contribution in [0.1, 0.15) is 16.1 Å². The van der Waals surface area contributed by atoms with Gasteiger partial charge >= 0.3 is 0 Å². The standard InChI is InChI=1S/C15H14BrNO3/c16-14-6-5-13(20-14)15(18)17-8-10-7-11-3-1-2-4-12(11)19-9-10/h1-6,10H,7-9H2,(H,17,18).